The van der Waals surface area contributed by atoms with E-state index < -0.39 is 0 Å². The van der Waals surface area contributed by atoms with E-state index in [9.17, 15) is 4.79 Å². The molecule has 1 rings (SSSR count). The minimum Gasteiger partial charge on any atom is -0.426 e. The molecular formula is C10H11BrO2. The van der Waals surface area contributed by atoms with Crippen molar-refractivity contribution in [1.29, 1.82) is 0 Å². The fourth-order valence-electron chi connectivity index (χ4n) is 1.07. The lowest BCUT2D eigenvalue weighted by molar-refractivity contribution is -0.131. The number of esters is 1. The van der Waals surface area contributed by atoms with Gasteiger partial charge in [-0.05, 0) is 25.5 Å². The molecule has 0 radical (unpaired) electrons. The molecule has 0 aliphatic heterocycles. The lowest BCUT2D eigenvalue weighted by atomic mass is 10.1. The number of hydrogen-bond acceptors (Lipinski definition) is 2. The first kappa shape index (κ1) is 10.3. The standard InChI is InChI=1S/C10H11BrO2/c1-6-4-5-9(13-8(3)12)7(2)10(6)11/h4-5H,1-3H3. The van der Waals surface area contributed by atoms with Gasteiger partial charge in [-0.2, -0.15) is 0 Å². The molecular weight excluding hydrogens is 232 g/mol. The topological polar surface area (TPSA) is 26.3 Å². The minimum absolute atomic E-state index is 0.293. The van der Waals surface area contributed by atoms with Crippen LogP contribution in [0, 0.1) is 13.8 Å². The number of ether oxygens (including phenoxy) is 1. The molecule has 2 nitrogen and oxygen atoms in total. The van der Waals surface area contributed by atoms with Gasteiger partial charge < -0.3 is 4.74 Å². The van der Waals surface area contributed by atoms with Crippen molar-refractivity contribution in [3.05, 3.63) is 27.7 Å². The summed E-state index contributed by atoms with van der Waals surface area (Å²) < 4.78 is 6.00. The van der Waals surface area contributed by atoms with E-state index in [0.717, 1.165) is 15.6 Å². The van der Waals surface area contributed by atoms with Crippen molar-refractivity contribution in [2.45, 2.75) is 20.8 Å². The monoisotopic (exact) mass is 242 g/mol. The average molecular weight is 243 g/mol. The van der Waals surface area contributed by atoms with Gasteiger partial charge in [0.05, 0.1) is 0 Å². The van der Waals surface area contributed by atoms with Gasteiger partial charge in [0.1, 0.15) is 5.75 Å². The Kier molecular flexibility index (Phi) is 3.09. The maximum Gasteiger partial charge on any atom is 0.308 e. The van der Waals surface area contributed by atoms with E-state index in [0.29, 0.717) is 5.75 Å². The second kappa shape index (κ2) is 3.92. The van der Waals surface area contributed by atoms with Crippen molar-refractivity contribution in [3.8, 4) is 5.75 Å². The summed E-state index contributed by atoms with van der Waals surface area (Å²) in [7, 11) is 0. The van der Waals surface area contributed by atoms with Crippen LogP contribution >= 0.6 is 15.9 Å². The van der Waals surface area contributed by atoms with E-state index in [-0.39, 0.29) is 5.97 Å². The molecule has 0 aliphatic rings. The summed E-state index contributed by atoms with van der Waals surface area (Å²) in [6, 6.07) is 3.71. The molecule has 0 saturated carbocycles. The van der Waals surface area contributed by atoms with Gasteiger partial charge in [-0.15, -0.1) is 0 Å². The number of hydrogen-bond donors (Lipinski definition) is 0. The number of halogens is 1. The summed E-state index contributed by atoms with van der Waals surface area (Å²) in [6.45, 7) is 5.30. The molecule has 13 heavy (non-hydrogen) atoms. The van der Waals surface area contributed by atoms with Crippen LogP contribution in [0.2, 0.25) is 0 Å². The minimum atomic E-state index is -0.293. The molecule has 0 fully saturated rings. The van der Waals surface area contributed by atoms with E-state index in [1.807, 2.05) is 19.9 Å². The zero-order valence-corrected chi connectivity index (χ0v) is 9.44. The van der Waals surface area contributed by atoms with Crippen molar-refractivity contribution in [1.82, 2.24) is 0 Å². The van der Waals surface area contributed by atoms with Gasteiger partial charge in [-0.25, -0.2) is 0 Å². The molecule has 0 saturated heterocycles. The van der Waals surface area contributed by atoms with Crippen LogP contribution in [0.15, 0.2) is 16.6 Å². The Hall–Kier alpha value is -0.830. The molecule has 0 bridgehead atoms. The molecule has 0 heterocycles. The second-order valence-corrected chi connectivity index (χ2v) is 3.71. The van der Waals surface area contributed by atoms with Crippen LogP contribution in [0.5, 0.6) is 5.75 Å². The molecule has 70 valence electrons. The van der Waals surface area contributed by atoms with Gasteiger partial charge >= 0.3 is 5.97 Å². The average Bonchev–Trinajstić information content (AvgIpc) is 2.06. The predicted octanol–water partition coefficient (Wildman–Crippen LogP) is 2.99. The number of rotatable bonds is 1. The smallest absolute Gasteiger partial charge is 0.308 e. The van der Waals surface area contributed by atoms with Gasteiger partial charge in [0.15, 0.2) is 0 Å². The molecule has 1 aromatic rings. The maximum absolute atomic E-state index is 10.7. The van der Waals surface area contributed by atoms with Gasteiger partial charge in [0, 0.05) is 17.0 Å². The Labute approximate surface area is 86.0 Å². The molecule has 3 heteroatoms. The third kappa shape index (κ3) is 2.31. The van der Waals surface area contributed by atoms with Gasteiger partial charge in [-0.1, -0.05) is 22.0 Å². The van der Waals surface area contributed by atoms with E-state index in [1.165, 1.54) is 6.92 Å². The van der Waals surface area contributed by atoms with E-state index >= 15 is 0 Å². The molecule has 0 unspecified atom stereocenters. The normalized spacial score (nSPS) is 9.85. The summed E-state index contributed by atoms with van der Waals surface area (Å²) >= 11 is 3.43. The van der Waals surface area contributed by atoms with Crippen molar-refractivity contribution < 1.29 is 9.53 Å². The number of carbonyl (C=O) groups excluding carboxylic acids is 1. The molecule has 0 aromatic heterocycles. The summed E-state index contributed by atoms with van der Waals surface area (Å²) in [6.07, 6.45) is 0. The van der Waals surface area contributed by atoms with Gasteiger partial charge in [-0.3, -0.25) is 4.79 Å². The first-order valence-electron chi connectivity index (χ1n) is 3.96. The fraction of sp³-hybridized carbons (Fsp3) is 0.300. The van der Waals surface area contributed by atoms with Gasteiger partial charge in [0.25, 0.3) is 0 Å². The molecule has 0 spiro atoms. The predicted molar refractivity (Wildman–Crippen MR) is 54.9 cm³/mol. The van der Waals surface area contributed by atoms with Crippen molar-refractivity contribution in [3.63, 3.8) is 0 Å². The van der Waals surface area contributed by atoms with Gasteiger partial charge in [0.2, 0.25) is 0 Å². The highest BCUT2D eigenvalue weighted by Crippen LogP contribution is 2.28. The third-order valence-corrected chi connectivity index (χ3v) is 3.00. The highest BCUT2D eigenvalue weighted by atomic mass is 79.9. The quantitative estimate of drug-likeness (QED) is 0.559. The largest absolute Gasteiger partial charge is 0.426 e. The summed E-state index contributed by atoms with van der Waals surface area (Å²) in [4.78, 5) is 10.7. The third-order valence-electron chi connectivity index (χ3n) is 1.78. The van der Waals surface area contributed by atoms with E-state index in [4.69, 9.17) is 4.74 Å². The molecule has 0 N–H and O–H groups in total. The van der Waals surface area contributed by atoms with Crippen molar-refractivity contribution in [2.24, 2.45) is 0 Å². The SMILES string of the molecule is CC(=O)Oc1ccc(C)c(Br)c1C. The van der Waals surface area contributed by atoms with E-state index in [1.54, 1.807) is 6.07 Å². The zero-order valence-electron chi connectivity index (χ0n) is 7.85. The highest BCUT2D eigenvalue weighted by molar-refractivity contribution is 9.10. The number of benzene rings is 1. The molecule has 0 aliphatic carbocycles. The van der Waals surface area contributed by atoms with Crippen LogP contribution in [-0.4, -0.2) is 5.97 Å². The Morgan fingerprint density at radius 3 is 2.54 bits per heavy atom. The summed E-state index contributed by atoms with van der Waals surface area (Å²) in [5.41, 5.74) is 2.09. The van der Waals surface area contributed by atoms with Crippen molar-refractivity contribution in [2.75, 3.05) is 0 Å². The number of aryl methyl sites for hydroxylation is 1. The lowest BCUT2D eigenvalue weighted by Gasteiger charge is -2.08. The van der Waals surface area contributed by atoms with Crippen molar-refractivity contribution >= 4 is 21.9 Å². The van der Waals surface area contributed by atoms with Crippen LogP contribution in [0.25, 0.3) is 0 Å². The second-order valence-electron chi connectivity index (χ2n) is 2.91. The Balaban J connectivity index is 3.10. The Morgan fingerprint density at radius 1 is 1.38 bits per heavy atom. The highest BCUT2D eigenvalue weighted by Gasteiger charge is 2.07. The lowest BCUT2D eigenvalue weighted by Crippen LogP contribution is -2.03. The maximum atomic E-state index is 10.7. The van der Waals surface area contributed by atoms with Crippen LogP contribution in [0.3, 0.4) is 0 Å². The van der Waals surface area contributed by atoms with Crippen LogP contribution < -0.4 is 4.74 Å². The van der Waals surface area contributed by atoms with Crippen LogP contribution in [-0.2, 0) is 4.79 Å². The molecule has 0 atom stereocenters. The molecule has 1 aromatic carbocycles. The fourth-order valence-corrected chi connectivity index (χ4v) is 1.40. The van der Waals surface area contributed by atoms with Crippen LogP contribution in [0.4, 0.5) is 0 Å². The summed E-state index contributed by atoms with van der Waals surface area (Å²) in [5.74, 6) is 0.323. The summed E-state index contributed by atoms with van der Waals surface area (Å²) in [5, 5.41) is 0. The first-order chi connectivity index (χ1) is 6.02. The Bertz CT molecular complexity index is 345. The number of carbonyl (C=O) groups is 1. The van der Waals surface area contributed by atoms with E-state index in [2.05, 4.69) is 15.9 Å². The Morgan fingerprint density at radius 2 is 2.00 bits per heavy atom. The molecule has 0 amide bonds. The zero-order chi connectivity index (χ0) is 10.0. The van der Waals surface area contributed by atoms with Crippen LogP contribution in [0.1, 0.15) is 18.1 Å². The first-order valence-corrected chi connectivity index (χ1v) is 4.76.